The summed E-state index contributed by atoms with van der Waals surface area (Å²) < 4.78 is 7.13. The third kappa shape index (κ3) is 2.76. The molecule has 1 atom stereocenters. The molecule has 0 saturated carbocycles. The van der Waals surface area contributed by atoms with Crippen molar-refractivity contribution in [1.82, 2.24) is 19.8 Å². The number of nitrogens with zero attached hydrogens (tertiary/aromatic N) is 5. The number of hydrogen-bond donors (Lipinski definition) is 0. The van der Waals surface area contributed by atoms with Gasteiger partial charge in [0.2, 0.25) is 0 Å². The van der Waals surface area contributed by atoms with Gasteiger partial charge in [0.05, 0.1) is 12.6 Å². The van der Waals surface area contributed by atoms with Crippen molar-refractivity contribution in [3.05, 3.63) is 48.5 Å². The monoisotopic (exact) mass is 373 g/mol. The summed E-state index contributed by atoms with van der Waals surface area (Å²) in [5, 5.41) is 10.0. The Morgan fingerprint density at radius 1 is 1.07 bits per heavy atom. The van der Waals surface area contributed by atoms with Crippen LogP contribution in [-0.4, -0.2) is 40.0 Å². The van der Waals surface area contributed by atoms with E-state index in [4.69, 9.17) is 9.72 Å². The number of piperidine rings is 1. The van der Waals surface area contributed by atoms with Gasteiger partial charge in [-0.2, -0.15) is 4.52 Å². The normalized spacial score (nSPS) is 17.4. The Kier molecular flexibility index (Phi) is 4.11. The van der Waals surface area contributed by atoms with Crippen LogP contribution in [0.25, 0.3) is 27.8 Å². The molecule has 1 aliphatic heterocycles. The number of hydrogen-bond acceptors (Lipinski definition) is 5. The molecular formula is C22H23N5O. The highest BCUT2D eigenvalue weighted by Gasteiger charge is 2.22. The number of rotatable bonds is 3. The number of methoxy groups -OCH3 is 1. The summed E-state index contributed by atoms with van der Waals surface area (Å²) >= 11 is 0. The van der Waals surface area contributed by atoms with Crippen LogP contribution in [-0.2, 0) is 0 Å². The van der Waals surface area contributed by atoms with E-state index < -0.39 is 0 Å². The molecule has 0 bridgehead atoms. The van der Waals surface area contributed by atoms with Crippen LogP contribution in [0.3, 0.4) is 0 Å². The van der Waals surface area contributed by atoms with Crippen LogP contribution in [0, 0.1) is 5.92 Å². The second-order valence-electron chi connectivity index (χ2n) is 7.55. The Bertz CT molecular complexity index is 1140. The molecule has 1 aliphatic rings. The highest BCUT2D eigenvalue weighted by molar-refractivity contribution is 5.93. The standard InChI is InChI=1S/C22H23N5O/c1-15-6-5-13-26(14-15)21-18-7-3-4-8-19(18)27-22(23-21)20(24-25-27)16-9-11-17(28-2)12-10-16/h3-4,7-12,15H,5-6,13-14H2,1-2H3/t15-/m0/s1. The first kappa shape index (κ1) is 17.0. The molecule has 2 aromatic carbocycles. The molecule has 0 N–H and O–H groups in total. The van der Waals surface area contributed by atoms with Crippen LogP contribution >= 0.6 is 0 Å². The highest BCUT2D eigenvalue weighted by atomic mass is 16.5. The Hall–Kier alpha value is -3.15. The SMILES string of the molecule is COc1ccc(-c2nnn3c2nc(N2CCC[C@H](C)C2)c2ccccc23)cc1. The van der Waals surface area contributed by atoms with Gasteiger partial charge in [-0.25, -0.2) is 4.98 Å². The van der Waals surface area contributed by atoms with Gasteiger partial charge in [0.25, 0.3) is 0 Å². The van der Waals surface area contributed by atoms with Crippen molar-refractivity contribution in [2.45, 2.75) is 19.8 Å². The molecule has 5 rings (SSSR count). The molecule has 3 heterocycles. The molecule has 4 aromatic rings. The van der Waals surface area contributed by atoms with E-state index in [0.717, 1.165) is 52.5 Å². The van der Waals surface area contributed by atoms with Crippen molar-refractivity contribution in [3.8, 4) is 17.0 Å². The van der Waals surface area contributed by atoms with E-state index in [1.165, 1.54) is 12.8 Å². The zero-order chi connectivity index (χ0) is 19.1. The second-order valence-corrected chi connectivity index (χ2v) is 7.55. The fourth-order valence-electron chi connectivity index (χ4n) is 4.11. The number of aromatic nitrogens is 4. The molecule has 6 nitrogen and oxygen atoms in total. The highest BCUT2D eigenvalue weighted by Crippen LogP contribution is 2.32. The Morgan fingerprint density at radius 2 is 1.89 bits per heavy atom. The summed E-state index contributed by atoms with van der Waals surface area (Å²) in [5.74, 6) is 2.53. The number of anilines is 1. The van der Waals surface area contributed by atoms with E-state index in [1.807, 2.05) is 34.8 Å². The summed E-state index contributed by atoms with van der Waals surface area (Å²) in [6, 6.07) is 16.2. The Morgan fingerprint density at radius 3 is 2.68 bits per heavy atom. The minimum absolute atomic E-state index is 0.676. The number of benzene rings is 2. The van der Waals surface area contributed by atoms with E-state index in [0.29, 0.717) is 5.92 Å². The largest absolute Gasteiger partial charge is 0.497 e. The summed E-state index contributed by atoms with van der Waals surface area (Å²) in [5.41, 5.74) is 3.60. The average Bonchev–Trinajstić information content (AvgIpc) is 3.17. The molecule has 1 saturated heterocycles. The van der Waals surface area contributed by atoms with Crippen molar-refractivity contribution in [2.75, 3.05) is 25.1 Å². The van der Waals surface area contributed by atoms with Gasteiger partial charge < -0.3 is 9.64 Å². The smallest absolute Gasteiger partial charge is 0.186 e. The van der Waals surface area contributed by atoms with Crippen molar-refractivity contribution in [2.24, 2.45) is 5.92 Å². The Balaban J connectivity index is 1.72. The molecule has 0 aliphatic carbocycles. The lowest BCUT2D eigenvalue weighted by Gasteiger charge is -2.32. The zero-order valence-electron chi connectivity index (χ0n) is 16.2. The molecular weight excluding hydrogens is 350 g/mol. The molecule has 6 heteroatoms. The van der Waals surface area contributed by atoms with E-state index in [2.05, 4.69) is 40.3 Å². The first-order valence-electron chi connectivity index (χ1n) is 9.78. The summed E-state index contributed by atoms with van der Waals surface area (Å²) in [4.78, 5) is 7.49. The number of para-hydroxylation sites is 1. The summed E-state index contributed by atoms with van der Waals surface area (Å²) in [6.07, 6.45) is 2.48. The average molecular weight is 373 g/mol. The molecule has 0 radical (unpaired) electrons. The van der Waals surface area contributed by atoms with Crippen molar-refractivity contribution in [3.63, 3.8) is 0 Å². The molecule has 1 fully saturated rings. The van der Waals surface area contributed by atoms with Crippen LogP contribution < -0.4 is 9.64 Å². The van der Waals surface area contributed by atoms with E-state index >= 15 is 0 Å². The lowest BCUT2D eigenvalue weighted by atomic mass is 10.00. The van der Waals surface area contributed by atoms with Gasteiger partial charge in [0, 0.05) is 24.0 Å². The van der Waals surface area contributed by atoms with Crippen molar-refractivity contribution in [1.29, 1.82) is 0 Å². The zero-order valence-corrected chi connectivity index (χ0v) is 16.2. The van der Waals surface area contributed by atoms with Gasteiger partial charge in [-0.1, -0.05) is 24.3 Å². The lowest BCUT2D eigenvalue weighted by Crippen LogP contribution is -2.35. The predicted octanol–water partition coefficient (Wildman–Crippen LogP) is 4.19. The number of ether oxygens (including phenoxy) is 1. The molecule has 0 amide bonds. The van der Waals surface area contributed by atoms with Crippen molar-refractivity contribution >= 4 is 22.4 Å². The molecule has 0 unspecified atom stereocenters. The molecule has 0 spiro atoms. The van der Waals surface area contributed by atoms with Gasteiger partial charge in [0.1, 0.15) is 17.3 Å². The third-order valence-electron chi connectivity index (χ3n) is 5.55. The topological polar surface area (TPSA) is 55.6 Å². The maximum atomic E-state index is 5.28. The molecule has 2 aromatic heterocycles. The predicted molar refractivity (Wildman–Crippen MR) is 111 cm³/mol. The fourth-order valence-corrected chi connectivity index (χ4v) is 4.11. The second kappa shape index (κ2) is 6.78. The van der Waals surface area contributed by atoms with Crippen LogP contribution in [0.1, 0.15) is 19.8 Å². The van der Waals surface area contributed by atoms with Gasteiger partial charge in [0.15, 0.2) is 5.65 Å². The van der Waals surface area contributed by atoms with Crippen LogP contribution in [0.2, 0.25) is 0 Å². The summed E-state index contributed by atoms with van der Waals surface area (Å²) in [7, 11) is 1.67. The van der Waals surface area contributed by atoms with Crippen LogP contribution in [0.4, 0.5) is 5.82 Å². The first-order valence-corrected chi connectivity index (χ1v) is 9.78. The van der Waals surface area contributed by atoms with Gasteiger partial charge in [-0.05, 0) is 55.2 Å². The van der Waals surface area contributed by atoms with Gasteiger partial charge in [-0.3, -0.25) is 0 Å². The maximum absolute atomic E-state index is 5.28. The quantitative estimate of drug-likeness (QED) is 0.539. The third-order valence-corrected chi connectivity index (χ3v) is 5.55. The number of fused-ring (bicyclic) bond motifs is 3. The minimum Gasteiger partial charge on any atom is -0.497 e. The van der Waals surface area contributed by atoms with Crippen LogP contribution in [0.15, 0.2) is 48.5 Å². The van der Waals surface area contributed by atoms with Gasteiger partial charge >= 0.3 is 0 Å². The van der Waals surface area contributed by atoms with E-state index in [1.54, 1.807) is 7.11 Å². The first-order chi connectivity index (χ1) is 13.7. The van der Waals surface area contributed by atoms with Crippen molar-refractivity contribution < 1.29 is 4.74 Å². The fraction of sp³-hybridized carbons (Fsp3) is 0.318. The van der Waals surface area contributed by atoms with Gasteiger partial charge in [-0.15, -0.1) is 5.10 Å². The maximum Gasteiger partial charge on any atom is 0.186 e. The van der Waals surface area contributed by atoms with E-state index in [9.17, 15) is 0 Å². The summed E-state index contributed by atoms with van der Waals surface area (Å²) in [6.45, 7) is 4.39. The minimum atomic E-state index is 0.676. The Labute approximate surface area is 163 Å². The molecule has 142 valence electrons. The van der Waals surface area contributed by atoms with Crippen LogP contribution in [0.5, 0.6) is 5.75 Å². The van der Waals surface area contributed by atoms with E-state index in [-0.39, 0.29) is 0 Å². The lowest BCUT2D eigenvalue weighted by molar-refractivity contribution is 0.415. The molecule has 28 heavy (non-hydrogen) atoms.